The number of fused-ring (bicyclic) bond motifs is 5. The number of rotatable bonds is 1. The lowest BCUT2D eigenvalue weighted by molar-refractivity contribution is -0.162. The fraction of sp³-hybridized carbons (Fsp3) is 0.364. The van der Waals surface area contributed by atoms with Crippen LogP contribution in [0.4, 0.5) is 0 Å². The lowest BCUT2D eigenvalue weighted by atomic mass is 9.73. The highest BCUT2D eigenvalue weighted by molar-refractivity contribution is 5.99. The van der Waals surface area contributed by atoms with Gasteiger partial charge in [-0.25, -0.2) is 0 Å². The number of ether oxygens (including phenoxy) is 1. The summed E-state index contributed by atoms with van der Waals surface area (Å²) in [7, 11) is 1.72. The maximum absolute atomic E-state index is 13.4. The average Bonchev–Trinajstić information content (AvgIpc) is 2.97. The molecule has 0 N–H and O–H groups in total. The molecule has 4 atom stereocenters. The van der Waals surface area contributed by atoms with E-state index < -0.39 is 5.54 Å². The van der Waals surface area contributed by atoms with Crippen molar-refractivity contribution >= 4 is 11.8 Å². The lowest BCUT2D eigenvalue weighted by Gasteiger charge is -2.46. The summed E-state index contributed by atoms with van der Waals surface area (Å²) in [6.07, 6.45) is 0. The molecule has 0 aliphatic carbocycles. The molecule has 2 fully saturated rings. The van der Waals surface area contributed by atoms with Crippen LogP contribution in [0.5, 0.6) is 5.75 Å². The number of para-hydroxylation sites is 1. The van der Waals surface area contributed by atoms with Crippen molar-refractivity contribution in [1.82, 2.24) is 9.80 Å². The number of benzene rings is 2. The molecule has 0 aromatic heterocycles. The van der Waals surface area contributed by atoms with Gasteiger partial charge in [0.1, 0.15) is 11.3 Å². The Hall–Kier alpha value is -2.82. The Bertz CT molecular complexity index is 928. The van der Waals surface area contributed by atoms with E-state index in [9.17, 15) is 9.59 Å². The van der Waals surface area contributed by atoms with Crippen molar-refractivity contribution in [3.63, 3.8) is 0 Å². The largest absolute Gasteiger partial charge is 0.493 e. The van der Waals surface area contributed by atoms with Crippen LogP contribution in [-0.4, -0.2) is 47.4 Å². The predicted molar refractivity (Wildman–Crippen MR) is 100 cm³/mol. The molecule has 5 nitrogen and oxygen atoms in total. The van der Waals surface area contributed by atoms with Crippen molar-refractivity contribution in [2.45, 2.75) is 24.4 Å². The summed E-state index contributed by atoms with van der Waals surface area (Å²) in [5.41, 5.74) is 1.17. The van der Waals surface area contributed by atoms with E-state index in [-0.39, 0.29) is 36.2 Å². The molecule has 2 aromatic carbocycles. The standard InChI is InChI=1S/C22H22N2O3/c1-22-19(14-8-4-3-5-9-14)16-13-27-17-11-7-6-10-15(17)20(16)24(22)18(25)12-23(2)21(22)26/h3-11,16,19-20H,12-13H2,1-2H3/t16?,19?,20?,22-/m1/s1. The van der Waals surface area contributed by atoms with Gasteiger partial charge in [0.25, 0.3) is 0 Å². The molecular weight excluding hydrogens is 340 g/mol. The smallest absolute Gasteiger partial charge is 0.249 e. The third-order valence-corrected chi connectivity index (χ3v) is 6.47. The molecule has 138 valence electrons. The summed E-state index contributed by atoms with van der Waals surface area (Å²) in [5, 5.41) is 0. The third-order valence-electron chi connectivity index (χ3n) is 6.47. The summed E-state index contributed by atoms with van der Waals surface area (Å²) in [6.45, 7) is 2.56. The van der Waals surface area contributed by atoms with Crippen LogP contribution >= 0.6 is 0 Å². The normalized spacial score (nSPS) is 31.9. The maximum atomic E-state index is 13.4. The Kier molecular flexibility index (Phi) is 3.39. The number of carbonyl (C=O) groups is 2. The average molecular weight is 362 g/mol. The minimum absolute atomic E-state index is 0.00262. The summed E-state index contributed by atoms with van der Waals surface area (Å²) in [4.78, 5) is 30.0. The van der Waals surface area contributed by atoms with Crippen LogP contribution in [-0.2, 0) is 9.59 Å². The Morgan fingerprint density at radius 3 is 2.52 bits per heavy atom. The van der Waals surface area contributed by atoms with Gasteiger partial charge in [0.2, 0.25) is 11.8 Å². The third kappa shape index (κ3) is 2.05. The van der Waals surface area contributed by atoms with Crippen molar-refractivity contribution < 1.29 is 14.3 Å². The molecule has 3 heterocycles. The van der Waals surface area contributed by atoms with Gasteiger partial charge in [-0.3, -0.25) is 9.59 Å². The fourth-order valence-corrected chi connectivity index (χ4v) is 5.45. The summed E-state index contributed by atoms with van der Waals surface area (Å²) in [5.74, 6) is 0.740. The van der Waals surface area contributed by atoms with Gasteiger partial charge in [0, 0.05) is 24.4 Å². The number of likely N-dealkylation sites (N-methyl/N-ethyl adjacent to an activating group) is 1. The zero-order valence-corrected chi connectivity index (χ0v) is 15.5. The van der Waals surface area contributed by atoms with E-state index in [1.54, 1.807) is 11.9 Å². The van der Waals surface area contributed by atoms with Gasteiger partial charge in [0.15, 0.2) is 0 Å². The molecule has 3 unspecified atom stereocenters. The number of piperazine rings is 1. The first-order valence-electron chi connectivity index (χ1n) is 9.38. The van der Waals surface area contributed by atoms with E-state index in [2.05, 4.69) is 12.1 Å². The number of hydrogen-bond donors (Lipinski definition) is 0. The quantitative estimate of drug-likeness (QED) is 0.784. The SMILES string of the molecule is CN1CC(=O)N2C3c4ccccc4OCC3C(c3ccccc3)[C@]2(C)C1=O. The highest BCUT2D eigenvalue weighted by Crippen LogP contribution is 2.59. The molecule has 3 aliphatic heterocycles. The maximum Gasteiger partial charge on any atom is 0.249 e. The number of nitrogens with zero attached hydrogens (tertiary/aromatic N) is 2. The van der Waals surface area contributed by atoms with E-state index in [0.29, 0.717) is 6.61 Å². The molecule has 2 amide bonds. The molecule has 5 rings (SSSR count). The van der Waals surface area contributed by atoms with Gasteiger partial charge in [-0.2, -0.15) is 0 Å². The zero-order valence-electron chi connectivity index (χ0n) is 15.5. The van der Waals surface area contributed by atoms with Crippen molar-refractivity contribution in [1.29, 1.82) is 0 Å². The lowest BCUT2D eigenvalue weighted by Crippen LogP contribution is -2.65. The molecule has 0 saturated carbocycles. The first-order valence-corrected chi connectivity index (χ1v) is 9.38. The van der Waals surface area contributed by atoms with Crippen LogP contribution in [0.15, 0.2) is 54.6 Å². The highest BCUT2D eigenvalue weighted by atomic mass is 16.5. The van der Waals surface area contributed by atoms with Gasteiger partial charge in [0.05, 0.1) is 19.2 Å². The van der Waals surface area contributed by atoms with E-state index in [1.165, 1.54) is 0 Å². The van der Waals surface area contributed by atoms with Crippen molar-refractivity contribution in [2.24, 2.45) is 5.92 Å². The van der Waals surface area contributed by atoms with Gasteiger partial charge >= 0.3 is 0 Å². The number of amides is 2. The molecule has 2 aromatic rings. The molecule has 3 aliphatic rings. The van der Waals surface area contributed by atoms with Crippen LogP contribution in [0, 0.1) is 5.92 Å². The van der Waals surface area contributed by atoms with Gasteiger partial charge in [-0.15, -0.1) is 0 Å². The molecule has 5 heteroatoms. The van der Waals surface area contributed by atoms with Gasteiger partial charge in [-0.05, 0) is 18.6 Å². The van der Waals surface area contributed by atoms with E-state index in [0.717, 1.165) is 16.9 Å². The Balaban J connectivity index is 1.75. The fourth-order valence-electron chi connectivity index (χ4n) is 5.45. The van der Waals surface area contributed by atoms with Crippen LogP contribution in [0.25, 0.3) is 0 Å². The van der Waals surface area contributed by atoms with E-state index in [4.69, 9.17) is 4.74 Å². The van der Waals surface area contributed by atoms with E-state index in [1.807, 2.05) is 54.3 Å². The Morgan fingerprint density at radius 2 is 1.74 bits per heavy atom. The highest BCUT2D eigenvalue weighted by Gasteiger charge is 2.66. The van der Waals surface area contributed by atoms with Gasteiger partial charge in [-0.1, -0.05) is 48.5 Å². The van der Waals surface area contributed by atoms with Gasteiger partial charge < -0.3 is 14.5 Å². The second-order valence-corrected chi connectivity index (χ2v) is 7.92. The summed E-state index contributed by atoms with van der Waals surface area (Å²) < 4.78 is 6.07. The molecule has 0 radical (unpaired) electrons. The van der Waals surface area contributed by atoms with Crippen molar-refractivity contribution in [3.8, 4) is 5.75 Å². The molecular formula is C22H22N2O3. The molecule has 0 spiro atoms. The summed E-state index contributed by atoms with van der Waals surface area (Å²) >= 11 is 0. The van der Waals surface area contributed by atoms with Crippen LogP contribution < -0.4 is 4.74 Å². The predicted octanol–water partition coefficient (Wildman–Crippen LogP) is 2.59. The van der Waals surface area contributed by atoms with Crippen molar-refractivity contribution in [2.75, 3.05) is 20.2 Å². The topological polar surface area (TPSA) is 49.9 Å². The molecule has 0 bridgehead atoms. The van der Waals surface area contributed by atoms with Crippen LogP contribution in [0.1, 0.15) is 30.0 Å². The first-order chi connectivity index (χ1) is 13.0. The first kappa shape index (κ1) is 16.4. The van der Waals surface area contributed by atoms with E-state index >= 15 is 0 Å². The van der Waals surface area contributed by atoms with Crippen molar-refractivity contribution in [3.05, 3.63) is 65.7 Å². The van der Waals surface area contributed by atoms with Crippen LogP contribution in [0.2, 0.25) is 0 Å². The number of carbonyl (C=O) groups excluding carboxylic acids is 2. The monoisotopic (exact) mass is 362 g/mol. The Morgan fingerprint density at radius 1 is 1.04 bits per heavy atom. The minimum Gasteiger partial charge on any atom is -0.493 e. The molecule has 2 saturated heterocycles. The minimum atomic E-state index is -0.915. The Labute approximate surface area is 158 Å². The summed E-state index contributed by atoms with van der Waals surface area (Å²) in [6, 6.07) is 17.8. The second-order valence-electron chi connectivity index (χ2n) is 7.92. The number of hydrogen-bond acceptors (Lipinski definition) is 3. The zero-order chi connectivity index (χ0) is 18.8. The second kappa shape index (κ2) is 5.59. The molecule has 27 heavy (non-hydrogen) atoms. The van der Waals surface area contributed by atoms with Crippen LogP contribution in [0.3, 0.4) is 0 Å².